The quantitative estimate of drug-likeness (QED) is 0.435. The third-order valence-electron chi connectivity index (χ3n) is 3.92. The third kappa shape index (κ3) is 3.46. The van der Waals surface area contributed by atoms with Gasteiger partial charge >= 0.3 is 11.9 Å². The lowest BCUT2D eigenvalue weighted by Crippen LogP contribution is -2.38. The molecule has 4 atom stereocenters. The van der Waals surface area contributed by atoms with Crippen LogP contribution in [0.4, 0.5) is 0 Å². The number of nitrogens with zero attached hydrogens (tertiary/aromatic N) is 4. The lowest BCUT2D eigenvalue weighted by Gasteiger charge is -2.23. The molecular formula is C15H16Cl2N4O5. The van der Waals surface area contributed by atoms with Crippen molar-refractivity contribution < 1.29 is 23.8 Å². The first kappa shape index (κ1) is 18.8. The summed E-state index contributed by atoms with van der Waals surface area (Å²) in [5.74, 6) is -1.04. The number of fused-ring (bicyclic) bond motifs is 1. The minimum atomic E-state index is -0.883. The van der Waals surface area contributed by atoms with Crippen LogP contribution in [0, 0.1) is 0 Å². The second-order valence-electron chi connectivity index (χ2n) is 5.73. The van der Waals surface area contributed by atoms with Crippen molar-refractivity contribution in [3.63, 3.8) is 0 Å². The molecule has 3 heterocycles. The summed E-state index contributed by atoms with van der Waals surface area (Å²) in [5.41, 5.74) is 0.640. The molecule has 1 saturated heterocycles. The van der Waals surface area contributed by atoms with Crippen LogP contribution in [0.5, 0.6) is 0 Å². The summed E-state index contributed by atoms with van der Waals surface area (Å²) >= 11 is 11.9. The van der Waals surface area contributed by atoms with Crippen LogP contribution in [0.2, 0.25) is 10.4 Å². The third-order valence-corrected chi connectivity index (χ3v) is 4.35. The van der Waals surface area contributed by atoms with E-state index in [-0.39, 0.29) is 10.4 Å². The van der Waals surface area contributed by atoms with E-state index in [0.717, 1.165) is 0 Å². The van der Waals surface area contributed by atoms with Gasteiger partial charge in [0.1, 0.15) is 11.6 Å². The summed E-state index contributed by atoms with van der Waals surface area (Å²) in [5, 5.41) is 0.0271. The summed E-state index contributed by atoms with van der Waals surface area (Å²) < 4.78 is 18.3. The first-order chi connectivity index (χ1) is 12.3. The van der Waals surface area contributed by atoms with Gasteiger partial charge in [-0.15, -0.1) is 0 Å². The molecule has 0 N–H and O–H groups in total. The van der Waals surface area contributed by atoms with Gasteiger partial charge in [0.15, 0.2) is 29.2 Å². The SMILES string of the molecule is CC[C@H]1O[C@@H](n2cnc3c(Cl)nc(Cl)nc32)[C@@H](OC(C)=O)C1OC(C)=O. The minimum Gasteiger partial charge on any atom is -0.456 e. The van der Waals surface area contributed by atoms with Crippen LogP contribution in [-0.4, -0.2) is 49.8 Å². The van der Waals surface area contributed by atoms with E-state index < -0.39 is 36.5 Å². The average Bonchev–Trinajstić information content (AvgIpc) is 3.09. The Labute approximate surface area is 158 Å². The van der Waals surface area contributed by atoms with E-state index in [1.807, 2.05) is 6.92 Å². The molecule has 1 aliphatic rings. The highest BCUT2D eigenvalue weighted by Crippen LogP contribution is 2.37. The lowest BCUT2D eigenvalue weighted by molar-refractivity contribution is -0.165. The number of rotatable bonds is 4. The topological polar surface area (TPSA) is 105 Å². The Morgan fingerprint density at radius 3 is 2.46 bits per heavy atom. The van der Waals surface area contributed by atoms with Crippen molar-refractivity contribution in [2.45, 2.75) is 51.7 Å². The van der Waals surface area contributed by atoms with Crippen LogP contribution in [-0.2, 0) is 23.8 Å². The zero-order valence-electron chi connectivity index (χ0n) is 14.2. The van der Waals surface area contributed by atoms with Crippen molar-refractivity contribution in [1.82, 2.24) is 19.5 Å². The molecule has 1 aliphatic heterocycles. The number of hydrogen-bond acceptors (Lipinski definition) is 8. The Balaban J connectivity index is 2.07. The normalized spacial score (nSPS) is 25.4. The van der Waals surface area contributed by atoms with Crippen LogP contribution in [0.15, 0.2) is 6.33 Å². The average molecular weight is 403 g/mol. The van der Waals surface area contributed by atoms with Crippen LogP contribution in [0.3, 0.4) is 0 Å². The molecule has 0 aliphatic carbocycles. The number of esters is 2. The summed E-state index contributed by atoms with van der Waals surface area (Å²) in [6.45, 7) is 4.42. The molecule has 0 saturated carbocycles. The predicted molar refractivity (Wildman–Crippen MR) is 90.7 cm³/mol. The van der Waals surface area contributed by atoms with Gasteiger partial charge in [0, 0.05) is 13.8 Å². The van der Waals surface area contributed by atoms with E-state index in [1.165, 1.54) is 24.7 Å². The van der Waals surface area contributed by atoms with Crippen LogP contribution in [0.1, 0.15) is 33.4 Å². The fraction of sp³-hybridized carbons (Fsp3) is 0.533. The molecule has 0 bridgehead atoms. The predicted octanol–water partition coefficient (Wildman–Crippen LogP) is 2.30. The second kappa shape index (κ2) is 7.34. The Bertz CT molecular complexity index is 858. The van der Waals surface area contributed by atoms with Gasteiger partial charge in [0.2, 0.25) is 5.28 Å². The molecule has 0 spiro atoms. The van der Waals surface area contributed by atoms with E-state index in [1.54, 1.807) is 0 Å². The van der Waals surface area contributed by atoms with Crippen LogP contribution >= 0.6 is 23.2 Å². The molecule has 2 aromatic heterocycles. The smallest absolute Gasteiger partial charge is 0.303 e. The first-order valence-corrected chi connectivity index (χ1v) is 8.62. The van der Waals surface area contributed by atoms with Crippen molar-refractivity contribution in [3.8, 4) is 0 Å². The molecule has 0 amide bonds. The molecule has 3 rings (SSSR count). The fourth-order valence-corrected chi connectivity index (χ4v) is 3.38. The van der Waals surface area contributed by atoms with Crippen molar-refractivity contribution in [3.05, 3.63) is 16.8 Å². The van der Waals surface area contributed by atoms with Crippen molar-refractivity contribution in [2.75, 3.05) is 0 Å². The van der Waals surface area contributed by atoms with Crippen molar-refractivity contribution >= 4 is 46.3 Å². The number of hydrogen-bond donors (Lipinski definition) is 0. The number of carbonyl (C=O) groups is 2. The summed E-state index contributed by atoms with van der Waals surface area (Å²) in [6.07, 6.45) is -0.970. The minimum absolute atomic E-state index is 0.0603. The Morgan fingerprint density at radius 2 is 1.85 bits per heavy atom. The fourth-order valence-electron chi connectivity index (χ4n) is 2.96. The highest BCUT2D eigenvalue weighted by atomic mass is 35.5. The Hall–Kier alpha value is -1.97. The van der Waals surface area contributed by atoms with Gasteiger partial charge in [-0.05, 0) is 18.0 Å². The molecule has 9 nitrogen and oxygen atoms in total. The van der Waals surface area contributed by atoms with E-state index in [0.29, 0.717) is 17.6 Å². The van der Waals surface area contributed by atoms with Gasteiger partial charge in [0.25, 0.3) is 0 Å². The molecule has 1 unspecified atom stereocenters. The highest BCUT2D eigenvalue weighted by molar-refractivity contribution is 6.35. The van der Waals surface area contributed by atoms with Gasteiger partial charge < -0.3 is 14.2 Å². The zero-order chi connectivity index (χ0) is 19.0. The Morgan fingerprint density at radius 1 is 1.19 bits per heavy atom. The standard InChI is InChI=1S/C15H16Cl2N4O5/c1-4-8-10(24-6(2)22)11(25-7(3)23)14(26-8)21-5-18-9-12(16)19-15(17)20-13(9)21/h5,8,10-11,14H,4H2,1-3H3/t8-,10?,11+,14-/m1/s1. The molecule has 2 aromatic rings. The molecular weight excluding hydrogens is 387 g/mol. The summed E-state index contributed by atoms with van der Waals surface area (Å²) in [7, 11) is 0. The van der Waals surface area contributed by atoms with E-state index in [4.69, 9.17) is 37.4 Å². The van der Waals surface area contributed by atoms with Crippen LogP contribution < -0.4 is 0 Å². The highest BCUT2D eigenvalue weighted by Gasteiger charge is 2.49. The van der Waals surface area contributed by atoms with Gasteiger partial charge in [-0.25, -0.2) is 9.97 Å². The number of aromatic nitrogens is 4. The first-order valence-electron chi connectivity index (χ1n) is 7.87. The molecule has 11 heteroatoms. The summed E-state index contributed by atoms with van der Waals surface area (Å²) in [6, 6.07) is 0. The molecule has 26 heavy (non-hydrogen) atoms. The maximum atomic E-state index is 11.6. The van der Waals surface area contributed by atoms with Crippen molar-refractivity contribution in [2.24, 2.45) is 0 Å². The van der Waals surface area contributed by atoms with Gasteiger partial charge in [-0.2, -0.15) is 4.98 Å². The van der Waals surface area contributed by atoms with Gasteiger partial charge in [-0.3, -0.25) is 14.2 Å². The molecule has 0 aromatic carbocycles. The zero-order valence-corrected chi connectivity index (χ0v) is 15.7. The number of ether oxygens (including phenoxy) is 3. The van der Waals surface area contributed by atoms with E-state index in [2.05, 4.69) is 15.0 Å². The van der Waals surface area contributed by atoms with E-state index >= 15 is 0 Å². The van der Waals surface area contributed by atoms with Gasteiger partial charge in [0.05, 0.1) is 6.33 Å². The number of carbonyl (C=O) groups excluding carboxylic acids is 2. The summed E-state index contributed by atoms with van der Waals surface area (Å²) in [4.78, 5) is 35.2. The molecule has 0 radical (unpaired) electrons. The largest absolute Gasteiger partial charge is 0.456 e. The maximum Gasteiger partial charge on any atom is 0.303 e. The van der Waals surface area contributed by atoms with Crippen LogP contribution in [0.25, 0.3) is 11.2 Å². The van der Waals surface area contributed by atoms with Crippen molar-refractivity contribution in [1.29, 1.82) is 0 Å². The Kier molecular flexibility index (Phi) is 5.31. The second-order valence-corrected chi connectivity index (χ2v) is 6.43. The molecule has 140 valence electrons. The maximum absolute atomic E-state index is 11.6. The molecule has 1 fully saturated rings. The number of halogens is 2. The van der Waals surface area contributed by atoms with Gasteiger partial charge in [-0.1, -0.05) is 18.5 Å². The van der Waals surface area contributed by atoms with E-state index in [9.17, 15) is 9.59 Å². The number of imidazole rings is 1. The monoisotopic (exact) mass is 402 g/mol. The lowest BCUT2D eigenvalue weighted by atomic mass is 10.1.